The molecule has 0 aliphatic carbocycles. The van der Waals surface area contributed by atoms with Crippen molar-refractivity contribution < 1.29 is 4.79 Å². The van der Waals surface area contributed by atoms with Crippen LogP contribution >= 0.6 is 23.5 Å². The van der Waals surface area contributed by atoms with Crippen molar-refractivity contribution in [2.45, 2.75) is 43.4 Å². The van der Waals surface area contributed by atoms with E-state index in [0.29, 0.717) is 17.5 Å². The lowest BCUT2D eigenvalue weighted by molar-refractivity contribution is -0.130. The summed E-state index contributed by atoms with van der Waals surface area (Å²) in [5, 5.41) is 7.45. The van der Waals surface area contributed by atoms with Crippen molar-refractivity contribution in [3.05, 3.63) is 35.7 Å². The fraction of sp³-hybridized carbons (Fsp3) is 0.438. The van der Waals surface area contributed by atoms with E-state index in [1.807, 2.05) is 31.7 Å². The van der Waals surface area contributed by atoms with Gasteiger partial charge in [0, 0.05) is 17.5 Å². The summed E-state index contributed by atoms with van der Waals surface area (Å²) >= 11 is 3.07. The third-order valence-electron chi connectivity index (χ3n) is 3.33. The Labute approximate surface area is 145 Å². The number of nitrogens with zero attached hydrogens (tertiary/aromatic N) is 3. The van der Waals surface area contributed by atoms with Crippen molar-refractivity contribution in [2.24, 2.45) is 0 Å². The van der Waals surface area contributed by atoms with Crippen molar-refractivity contribution in [3.63, 3.8) is 0 Å². The molecule has 0 spiro atoms. The third-order valence-corrected chi connectivity index (χ3v) is 4.89. The highest BCUT2D eigenvalue weighted by atomic mass is 32.2. The first-order valence-corrected chi connectivity index (χ1v) is 9.65. The largest absolute Gasteiger partial charge is 0.335 e. The van der Waals surface area contributed by atoms with Crippen LogP contribution in [-0.2, 0) is 11.3 Å². The number of aromatic nitrogens is 3. The fourth-order valence-corrected chi connectivity index (χ4v) is 3.34. The summed E-state index contributed by atoms with van der Waals surface area (Å²) in [6, 6.07) is 8.47. The van der Waals surface area contributed by atoms with E-state index in [0.717, 1.165) is 11.4 Å². The first-order valence-electron chi connectivity index (χ1n) is 7.43. The summed E-state index contributed by atoms with van der Waals surface area (Å²) in [4.78, 5) is 19.9. The zero-order chi connectivity index (χ0) is 16.8. The van der Waals surface area contributed by atoms with Crippen LogP contribution in [0.1, 0.15) is 25.2 Å². The molecule has 0 aliphatic rings. The van der Waals surface area contributed by atoms with Crippen LogP contribution in [-0.4, -0.2) is 44.0 Å². The molecular weight excluding hydrogens is 328 g/mol. The van der Waals surface area contributed by atoms with Crippen LogP contribution in [0.15, 0.2) is 34.3 Å². The quantitative estimate of drug-likeness (QED) is 0.776. The average molecular weight is 351 g/mol. The van der Waals surface area contributed by atoms with Crippen molar-refractivity contribution in [1.82, 2.24) is 20.1 Å². The molecule has 0 atom stereocenters. The minimum absolute atomic E-state index is 0.0991. The Kier molecular flexibility index (Phi) is 6.53. The van der Waals surface area contributed by atoms with E-state index in [1.54, 1.807) is 11.8 Å². The summed E-state index contributed by atoms with van der Waals surface area (Å²) in [7, 11) is 0. The molecule has 0 bridgehead atoms. The summed E-state index contributed by atoms with van der Waals surface area (Å²) in [6.07, 6.45) is 2.06. The Morgan fingerprint density at radius 3 is 2.78 bits per heavy atom. The first-order chi connectivity index (χ1) is 11.0. The molecule has 0 saturated carbocycles. The van der Waals surface area contributed by atoms with Crippen LogP contribution in [0.2, 0.25) is 0 Å². The molecule has 0 saturated heterocycles. The fourth-order valence-electron chi connectivity index (χ4n) is 2.12. The number of aromatic amines is 1. The number of carbonyl (C=O) groups is 1. The zero-order valence-electron chi connectivity index (χ0n) is 13.9. The van der Waals surface area contributed by atoms with Gasteiger partial charge >= 0.3 is 0 Å². The Bertz CT molecular complexity index is 657. The monoisotopic (exact) mass is 350 g/mol. The number of rotatable bonds is 7. The predicted octanol–water partition coefficient (Wildman–Crippen LogP) is 3.36. The van der Waals surface area contributed by atoms with Gasteiger partial charge in [0.15, 0.2) is 0 Å². The number of hydrogen-bond acceptors (Lipinski definition) is 5. The van der Waals surface area contributed by atoms with Gasteiger partial charge in [-0.25, -0.2) is 4.98 Å². The molecule has 0 unspecified atom stereocenters. The van der Waals surface area contributed by atoms with Crippen LogP contribution in [0.5, 0.6) is 0 Å². The van der Waals surface area contributed by atoms with Gasteiger partial charge in [0.25, 0.3) is 0 Å². The smallest absolute Gasteiger partial charge is 0.233 e. The second kappa shape index (κ2) is 8.40. The molecule has 0 aliphatic heterocycles. The average Bonchev–Trinajstić information content (AvgIpc) is 2.95. The summed E-state index contributed by atoms with van der Waals surface area (Å²) < 4.78 is 0. The van der Waals surface area contributed by atoms with E-state index in [1.165, 1.54) is 16.7 Å². The molecule has 1 amide bonds. The summed E-state index contributed by atoms with van der Waals surface area (Å²) in [5.74, 6) is 1.20. The van der Waals surface area contributed by atoms with E-state index in [4.69, 9.17) is 0 Å². The van der Waals surface area contributed by atoms with Crippen LogP contribution in [0.25, 0.3) is 0 Å². The Morgan fingerprint density at radius 1 is 1.39 bits per heavy atom. The molecule has 1 aromatic carbocycles. The Morgan fingerprint density at radius 2 is 2.17 bits per heavy atom. The number of hydrogen-bond donors (Lipinski definition) is 1. The Hall–Kier alpha value is -1.47. The van der Waals surface area contributed by atoms with Crippen molar-refractivity contribution in [3.8, 4) is 0 Å². The summed E-state index contributed by atoms with van der Waals surface area (Å²) in [5.41, 5.74) is 1.15. The zero-order valence-corrected chi connectivity index (χ0v) is 15.5. The first kappa shape index (κ1) is 17.9. The van der Waals surface area contributed by atoms with E-state index >= 15 is 0 Å². The number of amides is 1. The van der Waals surface area contributed by atoms with Gasteiger partial charge in [0.1, 0.15) is 5.82 Å². The van der Waals surface area contributed by atoms with E-state index in [9.17, 15) is 4.79 Å². The number of aryl methyl sites for hydroxylation is 1. The highest BCUT2D eigenvalue weighted by molar-refractivity contribution is 7.99. The topological polar surface area (TPSA) is 61.9 Å². The lowest BCUT2D eigenvalue weighted by Crippen LogP contribution is -2.37. The second-order valence-electron chi connectivity index (χ2n) is 5.46. The maximum Gasteiger partial charge on any atom is 0.233 e. The van der Waals surface area contributed by atoms with Gasteiger partial charge in [-0.1, -0.05) is 23.9 Å². The molecule has 1 aromatic heterocycles. The van der Waals surface area contributed by atoms with Gasteiger partial charge in [-0.2, -0.15) is 0 Å². The molecule has 7 heteroatoms. The number of benzene rings is 1. The highest BCUT2D eigenvalue weighted by Gasteiger charge is 2.18. The number of H-pyrrole nitrogens is 1. The second-order valence-corrected chi connectivity index (χ2v) is 7.28. The van der Waals surface area contributed by atoms with Crippen molar-refractivity contribution in [1.29, 1.82) is 0 Å². The van der Waals surface area contributed by atoms with E-state index in [2.05, 4.69) is 39.6 Å². The van der Waals surface area contributed by atoms with Gasteiger partial charge in [0.05, 0.1) is 5.75 Å². The predicted molar refractivity (Wildman–Crippen MR) is 95.8 cm³/mol. The van der Waals surface area contributed by atoms with E-state index < -0.39 is 0 Å². The molecule has 1 heterocycles. The molecule has 124 valence electrons. The number of thioether (sulfide) groups is 2. The third kappa shape index (κ3) is 5.28. The molecule has 2 aromatic rings. The normalized spacial score (nSPS) is 11.0. The molecule has 23 heavy (non-hydrogen) atoms. The lowest BCUT2D eigenvalue weighted by Gasteiger charge is -2.27. The summed E-state index contributed by atoms with van der Waals surface area (Å²) in [6.45, 7) is 6.55. The number of nitrogens with one attached hydrogen (secondary N) is 1. The molecule has 2 rings (SSSR count). The molecule has 5 nitrogen and oxygen atoms in total. The van der Waals surface area contributed by atoms with Gasteiger partial charge in [-0.05, 0) is 44.7 Å². The van der Waals surface area contributed by atoms with Crippen LogP contribution in [0, 0.1) is 6.92 Å². The lowest BCUT2D eigenvalue weighted by atomic mass is 10.2. The maximum atomic E-state index is 12.6. The molecular formula is C16H22N4OS2. The van der Waals surface area contributed by atoms with Crippen molar-refractivity contribution in [2.75, 3.05) is 12.0 Å². The van der Waals surface area contributed by atoms with Gasteiger partial charge in [-0.15, -0.1) is 16.9 Å². The molecule has 1 N–H and O–H groups in total. The SMILES string of the molecule is CSc1cccc(CN(C(=O)CSc2n[nH]c(C)n2)C(C)C)c1. The minimum atomic E-state index is 0.0991. The van der Waals surface area contributed by atoms with Crippen molar-refractivity contribution >= 4 is 29.4 Å². The van der Waals surface area contributed by atoms with E-state index in [-0.39, 0.29) is 11.9 Å². The van der Waals surface area contributed by atoms with Gasteiger partial charge < -0.3 is 4.90 Å². The van der Waals surface area contributed by atoms with Gasteiger partial charge in [0.2, 0.25) is 11.1 Å². The maximum absolute atomic E-state index is 12.6. The highest BCUT2D eigenvalue weighted by Crippen LogP contribution is 2.19. The molecule has 0 radical (unpaired) electrons. The number of carbonyl (C=O) groups excluding carboxylic acids is 1. The molecule has 0 fully saturated rings. The van der Waals surface area contributed by atoms with Gasteiger partial charge in [-0.3, -0.25) is 9.89 Å². The minimum Gasteiger partial charge on any atom is -0.335 e. The Balaban J connectivity index is 2.00. The van der Waals surface area contributed by atoms with Crippen LogP contribution in [0.4, 0.5) is 0 Å². The standard InChI is InChI=1S/C16H22N4OS2/c1-11(2)20(9-13-6-5-7-14(8-13)22-4)15(21)10-23-16-17-12(3)18-19-16/h5-8,11H,9-10H2,1-4H3,(H,17,18,19). The van der Waals surface area contributed by atoms with Crippen LogP contribution in [0.3, 0.4) is 0 Å². The van der Waals surface area contributed by atoms with Crippen LogP contribution < -0.4 is 0 Å².